The lowest BCUT2D eigenvalue weighted by atomic mass is 10.1. The van der Waals surface area contributed by atoms with Gasteiger partial charge >= 0.3 is 6.18 Å². The summed E-state index contributed by atoms with van der Waals surface area (Å²) in [4.78, 5) is 14.7. The third kappa shape index (κ3) is 4.45. The Balaban J connectivity index is 1.62. The minimum absolute atomic E-state index is 0.0151. The van der Waals surface area contributed by atoms with Gasteiger partial charge in [-0.1, -0.05) is 0 Å². The van der Waals surface area contributed by atoms with Crippen molar-refractivity contribution < 1.29 is 31.8 Å². The first-order valence-electron chi connectivity index (χ1n) is 9.63. The van der Waals surface area contributed by atoms with Gasteiger partial charge in [-0.3, -0.25) is 4.79 Å². The quantitative estimate of drug-likeness (QED) is 0.538. The summed E-state index contributed by atoms with van der Waals surface area (Å²) < 4.78 is 62.9. The molecule has 11 heteroatoms. The first-order chi connectivity index (χ1) is 15.7. The van der Waals surface area contributed by atoms with E-state index >= 15 is 0 Å². The predicted molar refractivity (Wildman–Crippen MR) is 106 cm³/mol. The molecule has 33 heavy (non-hydrogen) atoms. The van der Waals surface area contributed by atoms with Crippen LogP contribution in [0, 0.1) is 17.1 Å². The second-order valence-corrected chi connectivity index (χ2v) is 7.22. The van der Waals surface area contributed by atoms with Gasteiger partial charge in [0.2, 0.25) is 0 Å². The van der Waals surface area contributed by atoms with Gasteiger partial charge in [-0.2, -0.15) is 23.5 Å². The van der Waals surface area contributed by atoms with E-state index in [0.717, 1.165) is 11.6 Å². The van der Waals surface area contributed by atoms with E-state index in [1.54, 1.807) is 23.0 Å². The average Bonchev–Trinajstić information content (AvgIpc) is 3.36. The van der Waals surface area contributed by atoms with Crippen LogP contribution < -0.4 is 9.47 Å². The molecule has 1 aliphatic rings. The van der Waals surface area contributed by atoms with Crippen LogP contribution in [0.5, 0.6) is 11.5 Å². The Bertz CT molecular complexity index is 1220. The van der Waals surface area contributed by atoms with Gasteiger partial charge in [0.05, 0.1) is 30.6 Å². The van der Waals surface area contributed by atoms with Gasteiger partial charge in [0.1, 0.15) is 23.2 Å². The fourth-order valence-electron chi connectivity index (χ4n) is 3.53. The molecule has 0 N–H and O–H groups in total. The highest BCUT2D eigenvalue weighted by Gasteiger charge is 2.34. The van der Waals surface area contributed by atoms with E-state index < -0.39 is 18.7 Å². The molecule has 2 aromatic carbocycles. The number of benzene rings is 2. The molecule has 0 atom stereocenters. The van der Waals surface area contributed by atoms with Crippen molar-refractivity contribution in [3.05, 3.63) is 70.8 Å². The van der Waals surface area contributed by atoms with Gasteiger partial charge in [0.25, 0.3) is 5.91 Å². The molecule has 7 nitrogen and oxygen atoms in total. The average molecular weight is 460 g/mol. The van der Waals surface area contributed by atoms with E-state index in [-0.39, 0.29) is 41.5 Å². The predicted octanol–water partition coefficient (Wildman–Crippen LogP) is 3.99. The van der Waals surface area contributed by atoms with Crippen LogP contribution >= 0.6 is 0 Å². The summed E-state index contributed by atoms with van der Waals surface area (Å²) in [6.45, 7) is -1.39. The molecule has 2 heterocycles. The van der Waals surface area contributed by atoms with E-state index in [1.165, 1.54) is 30.2 Å². The lowest BCUT2D eigenvalue weighted by molar-refractivity contribution is -0.153. The first kappa shape index (κ1) is 22.1. The molecule has 3 aromatic rings. The highest BCUT2D eigenvalue weighted by molar-refractivity contribution is 6.00. The molecule has 0 bridgehead atoms. The van der Waals surface area contributed by atoms with Gasteiger partial charge in [-0.05, 0) is 36.4 Å². The Morgan fingerprint density at radius 2 is 1.91 bits per heavy atom. The molecule has 0 radical (unpaired) electrons. The number of amides is 1. The Morgan fingerprint density at radius 3 is 2.52 bits per heavy atom. The van der Waals surface area contributed by atoms with Crippen LogP contribution in [0.3, 0.4) is 0 Å². The van der Waals surface area contributed by atoms with Crippen LogP contribution in [0.25, 0.3) is 5.69 Å². The highest BCUT2D eigenvalue weighted by atomic mass is 19.4. The molecule has 0 unspecified atom stereocenters. The smallest absolute Gasteiger partial charge is 0.422 e. The number of fused-ring (bicyclic) bond motifs is 1. The number of aromatic nitrogens is 2. The molecule has 0 fully saturated rings. The van der Waals surface area contributed by atoms with E-state index in [2.05, 4.69) is 5.10 Å². The van der Waals surface area contributed by atoms with Gasteiger partial charge in [-0.25, -0.2) is 9.07 Å². The number of rotatable bonds is 5. The number of nitriles is 1. The van der Waals surface area contributed by atoms with Crippen LogP contribution in [0.2, 0.25) is 0 Å². The van der Waals surface area contributed by atoms with Crippen molar-refractivity contribution >= 4 is 5.91 Å². The minimum Gasteiger partial charge on any atom is -0.494 e. The molecule has 1 amide bonds. The Hall–Kier alpha value is -4.07. The van der Waals surface area contributed by atoms with Crippen molar-refractivity contribution in [1.29, 1.82) is 5.26 Å². The molecule has 4 rings (SSSR count). The van der Waals surface area contributed by atoms with Crippen LogP contribution in [-0.2, 0) is 13.1 Å². The Labute approximate surface area is 185 Å². The molecule has 0 saturated heterocycles. The van der Waals surface area contributed by atoms with Crippen molar-refractivity contribution in [2.45, 2.75) is 19.3 Å². The number of halogens is 4. The van der Waals surface area contributed by atoms with Crippen LogP contribution in [-0.4, -0.2) is 40.5 Å². The Morgan fingerprint density at radius 1 is 1.18 bits per heavy atom. The minimum atomic E-state index is -4.62. The zero-order chi connectivity index (χ0) is 23.8. The first-order valence-corrected chi connectivity index (χ1v) is 9.63. The van der Waals surface area contributed by atoms with Crippen molar-refractivity contribution in [2.75, 3.05) is 13.7 Å². The number of ether oxygens (including phenoxy) is 2. The summed E-state index contributed by atoms with van der Waals surface area (Å²) in [6.07, 6.45) is -2.92. The number of carbonyl (C=O) groups excluding carboxylic acids is 1. The van der Waals surface area contributed by atoms with Crippen molar-refractivity contribution in [2.24, 2.45) is 0 Å². The van der Waals surface area contributed by atoms with Gasteiger partial charge in [0.15, 0.2) is 12.4 Å². The Kier molecular flexibility index (Phi) is 5.68. The zero-order valence-corrected chi connectivity index (χ0v) is 17.2. The number of carbonyl (C=O) groups is 1. The van der Waals surface area contributed by atoms with Crippen LogP contribution in [0.15, 0.2) is 42.6 Å². The van der Waals surface area contributed by atoms with Gasteiger partial charge < -0.3 is 14.4 Å². The van der Waals surface area contributed by atoms with Crippen molar-refractivity contribution in [1.82, 2.24) is 14.7 Å². The summed E-state index contributed by atoms with van der Waals surface area (Å²) in [5.41, 5.74) is 1.66. The summed E-state index contributed by atoms with van der Waals surface area (Å²) in [6, 6.07) is 9.95. The third-order valence-electron chi connectivity index (χ3n) is 5.01. The number of hydrogen-bond acceptors (Lipinski definition) is 5. The van der Waals surface area contributed by atoms with Gasteiger partial charge in [-0.15, -0.1) is 0 Å². The van der Waals surface area contributed by atoms with E-state index in [4.69, 9.17) is 9.47 Å². The number of alkyl halides is 3. The SMILES string of the molecule is COc1c(C#N)ccc(OCC(F)(F)F)c1C(=O)N1Cc2cn(-c3ccc(F)cc3)nc2C1. The fraction of sp³-hybridized carbons (Fsp3) is 0.227. The van der Waals surface area contributed by atoms with E-state index in [9.17, 15) is 27.6 Å². The normalized spacial score (nSPS) is 12.9. The summed E-state index contributed by atoms with van der Waals surface area (Å²) in [7, 11) is 1.21. The second-order valence-electron chi connectivity index (χ2n) is 7.22. The summed E-state index contributed by atoms with van der Waals surface area (Å²) >= 11 is 0. The standard InChI is InChI=1S/C22H16F4N4O3/c1-32-20-13(8-27)2-7-18(33-12-22(24,25)26)19(20)21(31)29-9-14-10-30(28-17(14)11-29)16-5-3-15(23)4-6-16/h2-7,10H,9,11-12H2,1H3. The van der Waals surface area contributed by atoms with Gasteiger partial charge in [0, 0.05) is 18.3 Å². The molecule has 0 aliphatic carbocycles. The maximum Gasteiger partial charge on any atom is 0.422 e. The molecule has 0 saturated carbocycles. The number of methoxy groups -OCH3 is 1. The van der Waals surface area contributed by atoms with E-state index in [0.29, 0.717) is 11.4 Å². The topological polar surface area (TPSA) is 80.4 Å². The molecular formula is C22H16F4N4O3. The molecule has 0 spiro atoms. The zero-order valence-electron chi connectivity index (χ0n) is 17.2. The van der Waals surface area contributed by atoms with Crippen LogP contribution in [0.1, 0.15) is 27.2 Å². The fourth-order valence-corrected chi connectivity index (χ4v) is 3.53. The molecule has 1 aromatic heterocycles. The summed E-state index contributed by atoms with van der Waals surface area (Å²) in [5, 5.41) is 13.7. The lowest BCUT2D eigenvalue weighted by Gasteiger charge is -2.21. The maximum atomic E-state index is 13.3. The largest absolute Gasteiger partial charge is 0.494 e. The van der Waals surface area contributed by atoms with Crippen molar-refractivity contribution in [3.63, 3.8) is 0 Å². The van der Waals surface area contributed by atoms with Crippen molar-refractivity contribution in [3.8, 4) is 23.3 Å². The monoisotopic (exact) mass is 460 g/mol. The molecular weight excluding hydrogens is 444 g/mol. The second kappa shape index (κ2) is 8.46. The summed E-state index contributed by atoms with van der Waals surface area (Å²) in [5.74, 6) is -1.54. The molecule has 170 valence electrons. The van der Waals surface area contributed by atoms with Crippen LogP contribution in [0.4, 0.5) is 17.6 Å². The lowest BCUT2D eigenvalue weighted by Crippen LogP contribution is -2.28. The highest BCUT2D eigenvalue weighted by Crippen LogP contribution is 2.36. The van der Waals surface area contributed by atoms with E-state index in [1.807, 2.05) is 6.07 Å². The number of hydrogen-bond donors (Lipinski definition) is 0. The number of nitrogens with zero attached hydrogens (tertiary/aromatic N) is 4. The third-order valence-corrected chi connectivity index (χ3v) is 5.01. The maximum absolute atomic E-state index is 13.3. The molecule has 1 aliphatic heterocycles.